The van der Waals surface area contributed by atoms with Gasteiger partial charge in [-0.1, -0.05) is 13.0 Å². The maximum Gasteiger partial charge on any atom is 0.254 e. The van der Waals surface area contributed by atoms with Crippen molar-refractivity contribution in [3.8, 4) is 16.9 Å². The topological polar surface area (TPSA) is 49.9 Å². The molecule has 0 bridgehead atoms. The fourth-order valence-electron chi connectivity index (χ4n) is 3.30. The zero-order valence-corrected chi connectivity index (χ0v) is 15.9. The number of benzene rings is 2. The lowest BCUT2D eigenvalue weighted by Crippen LogP contribution is -2.50. The minimum Gasteiger partial charge on any atom is -0.496 e. The van der Waals surface area contributed by atoms with Crippen molar-refractivity contribution >= 4 is 11.8 Å². The maximum absolute atomic E-state index is 13.7. The lowest BCUT2D eigenvalue weighted by molar-refractivity contribution is -0.132. The van der Waals surface area contributed by atoms with Crippen LogP contribution in [0.1, 0.15) is 23.7 Å². The van der Waals surface area contributed by atoms with Crippen LogP contribution >= 0.6 is 0 Å². The van der Waals surface area contributed by atoms with Crippen LogP contribution < -0.4 is 4.74 Å². The van der Waals surface area contributed by atoms with Gasteiger partial charge in [0.2, 0.25) is 5.91 Å². The second-order valence-corrected chi connectivity index (χ2v) is 6.57. The predicted molar refractivity (Wildman–Crippen MR) is 101 cm³/mol. The second kappa shape index (κ2) is 8.37. The van der Waals surface area contributed by atoms with E-state index in [1.54, 1.807) is 28.0 Å². The molecule has 2 aromatic carbocycles. The summed E-state index contributed by atoms with van der Waals surface area (Å²) in [7, 11) is 1.48. The highest BCUT2D eigenvalue weighted by molar-refractivity contribution is 5.96. The first-order valence-electron chi connectivity index (χ1n) is 9.15. The predicted octanol–water partition coefficient (Wildman–Crippen LogP) is 3.33. The van der Waals surface area contributed by atoms with Crippen LogP contribution in [0.5, 0.6) is 5.75 Å². The van der Waals surface area contributed by atoms with Gasteiger partial charge in [-0.25, -0.2) is 8.78 Å². The van der Waals surface area contributed by atoms with Crippen LogP contribution in [0, 0.1) is 11.6 Å². The van der Waals surface area contributed by atoms with Gasteiger partial charge >= 0.3 is 0 Å². The highest BCUT2D eigenvalue weighted by Crippen LogP contribution is 2.32. The molecule has 3 rings (SSSR count). The molecule has 1 aliphatic rings. The molecule has 0 atom stereocenters. The molecular weight excluding hydrogens is 366 g/mol. The molecule has 28 heavy (non-hydrogen) atoms. The Morgan fingerprint density at radius 2 is 1.64 bits per heavy atom. The summed E-state index contributed by atoms with van der Waals surface area (Å²) >= 11 is 0. The molecule has 1 saturated heterocycles. The van der Waals surface area contributed by atoms with Gasteiger partial charge in [0.25, 0.3) is 5.91 Å². The van der Waals surface area contributed by atoms with E-state index in [1.165, 1.54) is 13.2 Å². The summed E-state index contributed by atoms with van der Waals surface area (Å²) in [6.07, 6.45) is 0.448. The first kappa shape index (κ1) is 19.8. The Morgan fingerprint density at radius 3 is 2.25 bits per heavy atom. The van der Waals surface area contributed by atoms with Gasteiger partial charge in [-0.05, 0) is 35.9 Å². The van der Waals surface area contributed by atoms with Crippen LogP contribution in [0.15, 0.2) is 36.4 Å². The van der Waals surface area contributed by atoms with Crippen molar-refractivity contribution in [2.24, 2.45) is 0 Å². The zero-order chi connectivity index (χ0) is 20.3. The van der Waals surface area contributed by atoms with E-state index in [1.807, 2.05) is 6.92 Å². The SMILES string of the molecule is CCC(=O)N1CCN(C(=O)c2ccc(OC)c(-c3ccc(F)c(F)c3)c2)CC1. The van der Waals surface area contributed by atoms with Gasteiger partial charge in [-0.3, -0.25) is 9.59 Å². The molecule has 0 saturated carbocycles. The molecule has 148 valence electrons. The van der Waals surface area contributed by atoms with Crippen molar-refractivity contribution in [1.29, 1.82) is 0 Å². The van der Waals surface area contributed by atoms with Crippen molar-refractivity contribution in [1.82, 2.24) is 9.80 Å². The smallest absolute Gasteiger partial charge is 0.254 e. The molecule has 0 N–H and O–H groups in total. The molecule has 2 aromatic rings. The van der Waals surface area contributed by atoms with E-state index in [4.69, 9.17) is 4.74 Å². The third-order valence-corrected chi connectivity index (χ3v) is 4.90. The minimum atomic E-state index is -0.965. The van der Waals surface area contributed by atoms with Crippen molar-refractivity contribution < 1.29 is 23.1 Å². The van der Waals surface area contributed by atoms with E-state index in [0.717, 1.165) is 12.1 Å². The van der Waals surface area contributed by atoms with E-state index >= 15 is 0 Å². The van der Waals surface area contributed by atoms with Crippen LogP contribution in [-0.2, 0) is 4.79 Å². The van der Waals surface area contributed by atoms with Crippen LogP contribution in [0.2, 0.25) is 0 Å². The normalized spacial score (nSPS) is 14.1. The summed E-state index contributed by atoms with van der Waals surface area (Å²) < 4.78 is 32.2. The van der Waals surface area contributed by atoms with Crippen molar-refractivity contribution in [2.75, 3.05) is 33.3 Å². The van der Waals surface area contributed by atoms with Crippen molar-refractivity contribution in [3.05, 3.63) is 53.6 Å². The number of rotatable bonds is 4. The lowest BCUT2D eigenvalue weighted by Gasteiger charge is -2.34. The Bertz CT molecular complexity index is 893. The second-order valence-electron chi connectivity index (χ2n) is 6.57. The molecule has 0 spiro atoms. The van der Waals surface area contributed by atoms with Gasteiger partial charge in [-0.15, -0.1) is 0 Å². The first-order valence-corrected chi connectivity index (χ1v) is 9.15. The highest BCUT2D eigenvalue weighted by atomic mass is 19.2. The van der Waals surface area contributed by atoms with Crippen molar-refractivity contribution in [3.63, 3.8) is 0 Å². The number of ether oxygens (including phenoxy) is 1. The average Bonchev–Trinajstić information content (AvgIpc) is 2.74. The maximum atomic E-state index is 13.7. The fourth-order valence-corrected chi connectivity index (χ4v) is 3.30. The molecule has 1 aliphatic heterocycles. The van der Waals surface area contributed by atoms with Gasteiger partial charge in [0.15, 0.2) is 11.6 Å². The molecule has 2 amide bonds. The number of halogens is 2. The number of hydrogen-bond donors (Lipinski definition) is 0. The summed E-state index contributed by atoms with van der Waals surface area (Å²) in [5, 5.41) is 0. The fraction of sp³-hybridized carbons (Fsp3) is 0.333. The van der Waals surface area contributed by atoms with Crippen LogP contribution in [-0.4, -0.2) is 54.9 Å². The molecule has 0 aliphatic carbocycles. The molecule has 1 fully saturated rings. The lowest BCUT2D eigenvalue weighted by atomic mass is 10.0. The summed E-state index contributed by atoms with van der Waals surface area (Å²) in [5.74, 6) is -1.53. The van der Waals surface area contributed by atoms with E-state index in [9.17, 15) is 18.4 Å². The first-order chi connectivity index (χ1) is 13.4. The third kappa shape index (κ3) is 3.98. The Labute approximate surface area is 162 Å². The van der Waals surface area contributed by atoms with Gasteiger partial charge in [0.05, 0.1) is 7.11 Å². The number of amides is 2. The monoisotopic (exact) mass is 388 g/mol. The number of nitrogens with zero attached hydrogens (tertiary/aromatic N) is 2. The summed E-state index contributed by atoms with van der Waals surface area (Å²) in [4.78, 5) is 28.1. The van der Waals surface area contributed by atoms with Crippen LogP contribution in [0.4, 0.5) is 8.78 Å². The molecule has 1 heterocycles. The molecular formula is C21H22F2N2O3. The molecule has 0 radical (unpaired) electrons. The molecule has 0 aromatic heterocycles. The van der Waals surface area contributed by atoms with E-state index in [0.29, 0.717) is 55.0 Å². The van der Waals surface area contributed by atoms with Crippen LogP contribution in [0.3, 0.4) is 0 Å². The Hall–Kier alpha value is -2.96. The average molecular weight is 388 g/mol. The number of carbonyl (C=O) groups is 2. The van der Waals surface area contributed by atoms with Gasteiger partial charge in [-0.2, -0.15) is 0 Å². The third-order valence-electron chi connectivity index (χ3n) is 4.90. The number of hydrogen-bond acceptors (Lipinski definition) is 3. The number of methoxy groups -OCH3 is 1. The summed E-state index contributed by atoms with van der Waals surface area (Å²) in [6, 6.07) is 8.48. The zero-order valence-electron chi connectivity index (χ0n) is 15.9. The van der Waals surface area contributed by atoms with E-state index < -0.39 is 11.6 Å². The highest BCUT2D eigenvalue weighted by Gasteiger charge is 2.24. The largest absolute Gasteiger partial charge is 0.496 e. The minimum absolute atomic E-state index is 0.0807. The number of carbonyl (C=O) groups excluding carboxylic acids is 2. The Balaban J connectivity index is 1.84. The standard InChI is InChI=1S/C21H22F2N2O3/c1-3-20(26)24-8-10-25(11-9-24)21(27)15-5-7-19(28-2)16(12-15)14-4-6-17(22)18(23)13-14/h4-7,12-13H,3,8-11H2,1-2H3. The van der Waals surface area contributed by atoms with Gasteiger partial charge in [0.1, 0.15) is 5.75 Å². The Kier molecular flexibility index (Phi) is 5.92. The van der Waals surface area contributed by atoms with E-state index in [-0.39, 0.29) is 11.8 Å². The summed E-state index contributed by atoms with van der Waals surface area (Å²) in [6.45, 7) is 3.74. The summed E-state index contributed by atoms with van der Waals surface area (Å²) in [5.41, 5.74) is 1.35. The van der Waals surface area contributed by atoms with Gasteiger partial charge in [0, 0.05) is 43.7 Å². The van der Waals surface area contributed by atoms with Gasteiger partial charge < -0.3 is 14.5 Å². The molecule has 5 nitrogen and oxygen atoms in total. The molecule has 7 heteroatoms. The Morgan fingerprint density at radius 1 is 0.964 bits per heavy atom. The number of piperazine rings is 1. The quantitative estimate of drug-likeness (QED) is 0.807. The van der Waals surface area contributed by atoms with E-state index in [2.05, 4.69) is 0 Å². The van der Waals surface area contributed by atoms with Crippen LogP contribution in [0.25, 0.3) is 11.1 Å². The molecule has 0 unspecified atom stereocenters. The van der Waals surface area contributed by atoms with Crippen molar-refractivity contribution in [2.45, 2.75) is 13.3 Å².